The van der Waals surface area contributed by atoms with Gasteiger partial charge in [0.25, 0.3) is 0 Å². The summed E-state index contributed by atoms with van der Waals surface area (Å²) < 4.78 is 2.01. The van der Waals surface area contributed by atoms with Crippen LogP contribution < -0.4 is 5.32 Å². The number of carbonyl (C=O) groups is 1. The minimum Gasteiger partial charge on any atom is -0.389 e. The minimum absolute atomic E-state index is 0.122. The molecule has 0 aliphatic carbocycles. The van der Waals surface area contributed by atoms with Crippen LogP contribution in [0.3, 0.4) is 0 Å². The van der Waals surface area contributed by atoms with Crippen molar-refractivity contribution in [1.29, 1.82) is 0 Å². The first kappa shape index (κ1) is 17.5. The summed E-state index contributed by atoms with van der Waals surface area (Å²) in [6, 6.07) is 5.93. The second kappa shape index (κ2) is 7.59. The molecule has 2 aromatic rings. The van der Waals surface area contributed by atoms with Crippen molar-refractivity contribution < 1.29 is 9.90 Å². The molecule has 23 heavy (non-hydrogen) atoms. The topological polar surface area (TPSA) is 66.6 Å². The number of imidazole rings is 1. The van der Waals surface area contributed by atoms with Crippen LogP contribution in [0.25, 0.3) is 5.65 Å². The number of fused-ring (bicyclic) bond motifs is 1. The molecule has 0 saturated heterocycles. The SMILES string of the molecule is CCCC(O)(CCC)CC(=O)NCc1cn2c(C)cccc2n1. The third-order valence-corrected chi connectivity index (χ3v) is 4.13. The Kier molecular flexibility index (Phi) is 5.77. The zero-order valence-electron chi connectivity index (χ0n) is 14.3. The number of carbonyl (C=O) groups excluding carboxylic acids is 1. The highest BCUT2D eigenvalue weighted by molar-refractivity contribution is 5.77. The second-order valence-electron chi connectivity index (χ2n) is 6.31. The van der Waals surface area contributed by atoms with Crippen molar-refractivity contribution >= 4 is 11.6 Å². The Morgan fingerprint density at radius 2 is 2.00 bits per heavy atom. The molecule has 2 aromatic heterocycles. The molecule has 0 atom stereocenters. The summed E-state index contributed by atoms with van der Waals surface area (Å²) in [5, 5.41) is 13.4. The molecule has 5 heteroatoms. The van der Waals surface area contributed by atoms with E-state index in [9.17, 15) is 9.90 Å². The monoisotopic (exact) mass is 317 g/mol. The lowest BCUT2D eigenvalue weighted by Crippen LogP contribution is -2.36. The fraction of sp³-hybridized carbons (Fsp3) is 0.556. The van der Waals surface area contributed by atoms with Crippen LogP contribution in [0.15, 0.2) is 24.4 Å². The molecule has 0 fully saturated rings. The molecule has 126 valence electrons. The molecule has 0 saturated carbocycles. The smallest absolute Gasteiger partial charge is 0.223 e. The maximum Gasteiger partial charge on any atom is 0.223 e. The zero-order valence-corrected chi connectivity index (χ0v) is 14.3. The lowest BCUT2D eigenvalue weighted by molar-refractivity contribution is -0.126. The predicted molar refractivity (Wildman–Crippen MR) is 91.2 cm³/mol. The third kappa shape index (κ3) is 4.55. The first-order valence-electron chi connectivity index (χ1n) is 8.40. The van der Waals surface area contributed by atoms with Crippen molar-refractivity contribution in [1.82, 2.24) is 14.7 Å². The van der Waals surface area contributed by atoms with Gasteiger partial charge in [-0.05, 0) is 31.9 Å². The zero-order chi connectivity index (χ0) is 16.9. The van der Waals surface area contributed by atoms with E-state index < -0.39 is 5.60 Å². The Labute approximate surface area is 137 Å². The molecule has 1 amide bonds. The first-order valence-corrected chi connectivity index (χ1v) is 8.40. The Morgan fingerprint density at radius 1 is 1.30 bits per heavy atom. The lowest BCUT2D eigenvalue weighted by Gasteiger charge is -2.26. The second-order valence-corrected chi connectivity index (χ2v) is 6.31. The molecular formula is C18H27N3O2. The van der Waals surface area contributed by atoms with Gasteiger partial charge in [-0.2, -0.15) is 0 Å². The summed E-state index contributed by atoms with van der Waals surface area (Å²) in [6.07, 6.45) is 5.14. The van der Waals surface area contributed by atoms with Crippen molar-refractivity contribution in [3.05, 3.63) is 35.8 Å². The number of hydrogen-bond acceptors (Lipinski definition) is 3. The quantitative estimate of drug-likeness (QED) is 0.786. The highest BCUT2D eigenvalue weighted by Gasteiger charge is 2.28. The normalized spacial score (nSPS) is 11.8. The highest BCUT2D eigenvalue weighted by Crippen LogP contribution is 2.23. The highest BCUT2D eigenvalue weighted by atomic mass is 16.3. The number of pyridine rings is 1. The number of rotatable bonds is 8. The molecule has 0 spiro atoms. The third-order valence-electron chi connectivity index (χ3n) is 4.13. The molecule has 0 aliphatic rings. The minimum atomic E-state index is -0.886. The number of nitrogens with zero attached hydrogens (tertiary/aromatic N) is 2. The molecule has 2 N–H and O–H groups in total. The van der Waals surface area contributed by atoms with Crippen molar-refractivity contribution in [2.75, 3.05) is 0 Å². The van der Waals surface area contributed by atoms with Crippen LogP contribution in [0.2, 0.25) is 0 Å². The van der Waals surface area contributed by atoms with Gasteiger partial charge in [-0.15, -0.1) is 0 Å². The lowest BCUT2D eigenvalue weighted by atomic mass is 9.89. The average Bonchev–Trinajstić information content (AvgIpc) is 2.90. The Bertz CT molecular complexity index is 657. The number of aromatic nitrogens is 2. The summed E-state index contributed by atoms with van der Waals surface area (Å²) in [6.45, 7) is 6.45. The molecule has 0 unspecified atom stereocenters. The molecule has 0 aromatic carbocycles. The van der Waals surface area contributed by atoms with Gasteiger partial charge in [0.2, 0.25) is 5.91 Å². The van der Waals surface area contributed by atoms with E-state index in [0.29, 0.717) is 19.4 Å². The van der Waals surface area contributed by atoms with Gasteiger partial charge >= 0.3 is 0 Å². The molecule has 0 bridgehead atoms. The fourth-order valence-corrected chi connectivity index (χ4v) is 3.07. The van der Waals surface area contributed by atoms with E-state index in [1.54, 1.807) is 0 Å². The Hall–Kier alpha value is -1.88. The summed E-state index contributed by atoms with van der Waals surface area (Å²) >= 11 is 0. The number of aryl methyl sites for hydroxylation is 1. The van der Waals surface area contributed by atoms with Gasteiger partial charge in [0.05, 0.1) is 24.3 Å². The van der Waals surface area contributed by atoms with Gasteiger partial charge in [0.15, 0.2) is 0 Å². The van der Waals surface area contributed by atoms with Crippen LogP contribution in [0.5, 0.6) is 0 Å². The van der Waals surface area contributed by atoms with E-state index in [4.69, 9.17) is 0 Å². The van der Waals surface area contributed by atoms with Crippen LogP contribution >= 0.6 is 0 Å². The average molecular weight is 317 g/mol. The molecule has 0 radical (unpaired) electrons. The number of hydrogen-bond donors (Lipinski definition) is 2. The largest absolute Gasteiger partial charge is 0.389 e. The van der Waals surface area contributed by atoms with Crippen LogP contribution in [0.1, 0.15) is 57.3 Å². The Morgan fingerprint density at radius 3 is 2.61 bits per heavy atom. The molecule has 2 rings (SSSR count). The molecule has 0 aliphatic heterocycles. The summed E-state index contributed by atoms with van der Waals surface area (Å²) in [4.78, 5) is 16.7. The fourth-order valence-electron chi connectivity index (χ4n) is 3.07. The van der Waals surface area contributed by atoms with Crippen molar-refractivity contribution in [3.8, 4) is 0 Å². The van der Waals surface area contributed by atoms with Crippen molar-refractivity contribution in [3.63, 3.8) is 0 Å². The van der Waals surface area contributed by atoms with Gasteiger partial charge < -0.3 is 14.8 Å². The van der Waals surface area contributed by atoms with Crippen LogP contribution in [0, 0.1) is 6.92 Å². The first-order chi connectivity index (χ1) is 11.0. The van der Waals surface area contributed by atoms with Gasteiger partial charge in [-0.1, -0.05) is 32.8 Å². The van der Waals surface area contributed by atoms with E-state index in [1.165, 1.54) is 0 Å². The molecule has 5 nitrogen and oxygen atoms in total. The maximum atomic E-state index is 12.2. The molecule has 2 heterocycles. The van der Waals surface area contributed by atoms with E-state index in [0.717, 1.165) is 29.9 Å². The number of aliphatic hydroxyl groups is 1. The van der Waals surface area contributed by atoms with E-state index in [1.807, 2.05) is 49.6 Å². The van der Waals surface area contributed by atoms with Crippen molar-refractivity contribution in [2.24, 2.45) is 0 Å². The van der Waals surface area contributed by atoms with Crippen LogP contribution in [-0.4, -0.2) is 26.0 Å². The van der Waals surface area contributed by atoms with Crippen molar-refractivity contribution in [2.45, 2.75) is 65.0 Å². The molecular weight excluding hydrogens is 290 g/mol. The van der Waals surface area contributed by atoms with Gasteiger partial charge in [-0.25, -0.2) is 4.98 Å². The van der Waals surface area contributed by atoms with Crippen LogP contribution in [0.4, 0.5) is 0 Å². The standard InChI is InChI=1S/C18H27N3O2/c1-4-9-18(23,10-5-2)11-17(22)19-12-15-13-21-14(3)7-6-8-16(21)20-15/h6-8,13,23H,4-5,9-12H2,1-3H3,(H,19,22). The number of amides is 1. The maximum absolute atomic E-state index is 12.2. The van der Waals surface area contributed by atoms with Gasteiger partial charge in [-0.3, -0.25) is 4.79 Å². The van der Waals surface area contributed by atoms with Crippen LogP contribution in [-0.2, 0) is 11.3 Å². The predicted octanol–water partition coefficient (Wildman–Crippen LogP) is 2.98. The van der Waals surface area contributed by atoms with E-state index in [2.05, 4.69) is 10.3 Å². The number of nitrogens with one attached hydrogen (secondary N) is 1. The Balaban J connectivity index is 1.96. The van der Waals surface area contributed by atoms with E-state index >= 15 is 0 Å². The summed E-state index contributed by atoms with van der Waals surface area (Å²) in [5.74, 6) is -0.122. The van der Waals surface area contributed by atoms with E-state index in [-0.39, 0.29) is 12.3 Å². The van der Waals surface area contributed by atoms with Gasteiger partial charge in [0, 0.05) is 11.9 Å². The summed E-state index contributed by atoms with van der Waals surface area (Å²) in [7, 11) is 0. The summed E-state index contributed by atoms with van der Waals surface area (Å²) in [5.41, 5.74) is 1.92. The van der Waals surface area contributed by atoms with Gasteiger partial charge in [0.1, 0.15) is 5.65 Å².